The van der Waals surface area contributed by atoms with E-state index in [0.717, 1.165) is 17.2 Å². The SMILES string of the molecule is COc1ccc(OC)c(Nc2ncnc(Nc3ccc(Oc4ccccc4)cc3)c2N)c1. The number of anilines is 5. The highest BCUT2D eigenvalue weighted by atomic mass is 16.5. The molecule has 8 heteroatoms. The average molecular weight is 429 g/mol. The average Bonchev–Trinajstić information content (AvgIpc) is 2.83. The number of methoxy groups -OCH3 is 2. The van der Waals surface area contributed by atoms with Crippen molar-refractivity contribution in [1.82, 2.24) is 9.97 Å². The van der Waals surface area contributed by atoms with Crippen LogP contribution >= 0.6 is 0 Å². The van der Waals surface area contributed by atoms with Crippen LogP contribution in [0.3, 0.4) is 0 Å². The van der Waals surface area contributed by atoms with Crippen molar-refractivity contribution in [3.63, 3.8) is 0 Å². The van der Waals surface area contributed by atoms with E-state index in [1.165, 1.54) is 6.33 Å². The lowest BCUT2D eigenvalue weighted by Gasteiger charge is -2.15. The Morgan fingerprint density at radius 3 is 2.06 bits per heavy atom. The molecule has 3 aromatic carbocycles. The molecule has 0 bridgehead atoms. The summed E-state index contributed by atoms with van der Waals surface area (Å²) in [5, 5.41) is 6.40. The summed E-state index contributed by atoms with van der Waals surface area (Å²) < 4.78 is 16.5. The number of para-hydroxylation sites is 1. The van der Waals surface area contributed by atoms with Gasteiger partial charge in [-0.15, -0.1) is 0 Å². The molecule has 32 heavy (non-hydrogen) atoms. The van der Waals surface area contributed by atoms with E-state index >= 15 is 0 Å². The summed E-state index contributed by atoms with van der Waals surface area (Å²) in [5.74, 6) is 3.73. The fourth-order valence-corrected chi connectivity index (χ4v) is 3.00. The van der Waals surface area contributed by atoms with Crippen LogP contribution in [-0.4, -0.2) is 24.2 Å². The van der Waals surface area contributed by atoms with Crippen LogP contribution in [0.25, 0.3) is 0 Å². The number of hydrogen-bond donors (Lipinski definition) is 3. The Morgan fingerprint density at radius 2 is 1.38 bits per heavy atom. The molecular formula is C24H23N5O3. The number of nitrogen functional groups attached to an aromatic ring is 1. The molecule has 4 rings (SSSR count). The molecule has 0 atom stereocenters. The van der Waals surface area contributed by atoms with Gasteiger partial charge in [0.25, 0.3) is 0 Å². The maximum absolute atomic E-state index is 6.33. The van der Waals surface area contributed by atoms with Gasteiger partial charge in [0.15, 0.2) is 11.6 Å². The van der Waals surface area contributed by atoms with Gasteiger partial charge in [0.05, 0.1) is 19.9 Å². The number of rotatable bonds is 8. The molecule has 8 nitrogen and oxygen atoms in total. The second-order valence-electron chi connectivity index (χ2n) is 6.74. The van der Waals surface area contributed by atoms with Crippen molar-refractivity contribution in [2.75, 3.05) is 30.6 Å². The molecule has 4 aromatic rings. The third-order valence-electron chi connectivity index (χ3n) is 4.64. The Morgan fingerprint density at radius 1 is 0.719 bits per heavy atom. The molecule has 0 amide bonds. The van der Waals surface area contributed by atoms with E-state index in [9.17, 15) is 0 Å². The highest BCUT2D eigenvalue weighted by Gasteiger charge is 2.12. The Kier molecular flexibility index (Phi) is 6.22. The van der Waals surface area contributed by atoms with Crippen LogP contribution in [0.15, 0.2) is 79.1 Å². The summed E-state index contributed by atoms with van der Waals surface area (Å²) in [6.07, 6.45) is 1.43. The summed E-state index contributed by atoms with van der Waals surface area (Å²) in [7, 11) is 3.19. The predicted molar refractivity (Wildman–Crippen MR) is 126 cm³/mol. The van der Waals surface area contributed by atoms with Gasteiger partial charge in [-0.1, -0.05) is 18.2 Å². The zero-order valence-corrected chi connectivity index (χ0v) is 17.7. The van der Waals surface area contributed by atoms with E-state index in [2.05, 4.69) is 20.6 Å². The minimum Gasteiger partial charge on any atom is -0.497 e. The fourth-order valence-electron chi connectivity index (χ4n) is 3.00. The summed E-state index contributed by atoms with van der Waals surface area (Å²) in [6.45, 7) is 0. The van der Waals surface area contributed by atoms with E-state index in [1.807, 2.05) is 60.7 Å². The van der Waals surface area contributed by atoms with Gasteiger partial charge in [0, 0.05) is 11.8 Å². The summed E-state index contributed by atoms with van der Waals surface area (Å²) in [6, 6.07) is 22.5. The zero-order valence-electron chi connectivity index (χ0n) is 17.7. The first-order valence-corrected chi connectivity index (χ1v) is 9.86. The van der Waals surface area contributed by atoms with Gasteiger partial charge >= 0.3 is 0 Å². The number of ether oxygens (including phenoxy) is 3. The van der Waals surface area contributed by atoms with Gasteiger partial charge in [-0.25, -0.2) is 9.97 Å². The lowest BCUT2D eigenvalue weighted by molar-refractivity contribution is 0.405. The van der Waals surface area contributed by atoms with E-state index in [0.29, 0.717) is 34.5 Å². The first kappa shape index (κ1) is 20.8. The molecule has 0 spiro atoms. The zero-order chi connectivity index (χ0) is 22.3. The van der Waals surface area contributed by atoms with E-state index in [4.69, 9.17) is 19.9 Å². The maximum Gasteiger partial charge on any atom is 0.159 e. The van der Waals surface area contributed by atoms with Crippen molar-refractivity contribution in [1.29, 1.82) is 0 Å². The molecule has 1 aromatic heterocycles. The molecule has 162 valence electrons. The Bertz CT molecular complexity index is 1180. The van der Waals surface area contributed by atoms with Crippen LogP contribution in [-0.2, 0) is 0 Å². The molecule has 0 unspecified atom stereocenters. The first-order chi connectivity index (χ1) is 15.7. The third-order valence-corrected chi connectivity index (χ3v) is 4.64. The molecule has 0 saturated heterocycles. The largest absolute Gasteiger partial charge is 0.497 e. The minimum absolute atomic E-state index is 0.363. The van der Waals surface area contributed by atoms with Crippen molar-refractivity contribution >= 4 is 28.7 Å². The van der Waals surface area contributed by atoms with Crippen LogP contribution in [0.5, 0.6) is 23.0 Å². The number of hydrogen-bond acceptors (Lipinski definition) is 8. The predicted octanol–water partition coefficient (Wildman–Crippen LogP) is 5.36. The van der Waals surface area contributed by atoms with E-state index in [1.54, 1.807) is 26.4 Å². The highest BCUT2D eigenvalue weighted by molar-refractivity contribution is 5.81. The van der Waals surface area contributed by atoms with Crippen molar-refractivity contribution < 1.29 is 14.2 Å². The number of aromatic nitrogens is 2. The fraction of sp³-hybridized carbons (Fsp3) is 0.0833. The second-order valence-corrected chi connectivity index (χ2v) is 6.74. The lowest BCUT2D eigenvalue weighted by atomic mass is 10.2. The van der Waals surface area contributed by atoms with Crippen molar-refractivity contribution in [3.8, 4) is 23.0 Å². The smallest absolute Gasteiger partial charge is 0.159 e. The van der Waals surface area contributed by atoms with Crippen molar-refractivity contribution in [3.05, 3.63) is 79.1 Å². The maximum atomic E-state index is 6.33. The van der Waals surface area contributed by atoms with Crippen molar-refractivity contribution in [2.24, 2.45) is 0 Å². The van der Waals surface area contributed by atoms with Crippen LogP contribution in [0.2, 0.25) is 0 Å². The summed E-state index contributed by atoms with van der Waals surface area (Å²) >= 11 is 0. The van der Waals surface area contributed by atoms with Gasteiger partial charge < -0.3 is 30.6 Å². The van der Waals surface area contributed by atoms with Gasteiger partial charge in [0.2, 0.25) is 0 Å². The molecule has 0 radical (unpaired) electrons. The van der Waals surface area contributed by atoms with Gasteiger partial charge in [0.1, 0.15) is 35.0 Å². The van der Waals surface area contributed by atoms with Gasteiger partial charge in [-0.05, 0) is 48.5 Å². The molecular weight excluding hydrogens is 406 g/mol. The van der Waals surface area contributed by atoms with Crippen LogP contribution in [0.1, 0.15) is 0 Å². The standard InChI is InChI=1S/C24H23N5O3/c1-30-19-12-13-21(31-2)20(14-19)29-24-22(25)23(26-15-27-24)28-16-8-10-18(11-9-16)32-17-6-4-3-5-7-17/h3-15H,25H2,1-2H3,(H2,26,27,28,29). The number of benzene rings is 3. The lowest BCUT2D eigenvalue weighted by Crippen LogP contribution is -2.06. The molecule has 0 saturated carbocycles. The molecule has 0 aliphatic heterocycles. The van der Waals surface area contributed by atoms with Crippen LogP contribution in [0, 0.1) is 0 Å². The minimum atomic E-state index is 0.363. The Balaban J connectivity index is 1.51. The quantitative estimate of drug-likeness (QED) is 0.344. The number of nitrogens with two attached hydrogens (primary N) is 1. The number of nitrogens with one attached hydrogen (secondary N) is 2. The molecule has 4 N–H and O–H groups in total. The van der Waals surface area contributed by atoms with Crippen LogP contribution < -0.4 is 30.6 Å². The van der Waals surface area contributed by atoms with Crippen LogP contribution in [0.4, 0.5) is 28.7 Å². The molecule has 1 heterocycles. The summed E-state index contributed by atoms with van der Waals surface area (Å²) in [5.41, 5.74) is 8.17. The van der Waals surface area contributed by atoms with Crippen molar-refractivity contribution in [2.45, 2.75) is 0 Å². The topological polar surface area (TPSA) is 104 Å². The molecule has 0 aliphatic carbocycles. The Labute approximate surface area is 186 Å². The molecule has 0 aliphatic rings. The normalized spacial score (nSPS) is 10.3. The second kappa shape index (κ2) is 9.57. The van der Waals surface area contributed by atoms with Gasteiger partial charge in [-0.3, -0.25) is 0 Å². The first-order valence-electron chi connectivity index (χ1n) is 9.86. The van der Waals surface area contributed by atoms with E-state index < -0.39 is 0 Å². The summed E-state index contributed by atoms with van der Waals surface area (Å²) in [4.78, 5) is 8.53. The monoisotopic (exact) mass is 429 g/mol. The van der Waals surface area contributed by atoms with Gasteiger partial charge in [-0.2, -0.15) is 0 Å². The number of nitrogens with zero attached hydrogens (tertiary/aromatic N) is 2. The van der Waals surface area contributed by atoms with E-state index in [-0.39, 0.29) is 0 Å². The highest BCUT2D eigenvalue weighted by Crippen LogP contribution is 2.34. The molecule has 0 fully saturated rings. The Hall–Kier alpha value is -4.46. The third kappa shape index (κ3) is 4.81.